The molecule has 17 heavy (non-hydrogen) atoms. The summed E-state index contributed by atoms with van der Waals surface area (Å²) in [4.78, 5) is 0. The standard InChI is InChI=1S/C13H13FN2O/c1-17-13-8-11(6-7-12(13)14)16-10-4-2-9(15)3-5-10/h2-8,16H,15H2,1H3. The lowest BCUT2D eigenvalue weighted by Crippen LogP contribution is -1.94. The molecule has 0 amide bonds. The number of rotatable bonds is 3. The third kappa shape index (κ3) is 2.66. The maximum absolute atomic E-state index is 13.2. The van der Waals surface area contributed by atoms with Crippen LogP contribution in [0, 0.1) is 5.82 Å². The number of hydrogen-bond donors (Lipinski definition) is 2. The second-order valence-electron chi connectivity index (χ2n) is 3.60. The second-order valence-corrected chi connectivity index (χ2v) is 3.60. The zero-order valence-corrected chi connectivity index (χ0v) is 9.41. The van der Waals surface area contributed by atoms with E-state index in [9.17, 15) is 4.39 Å². The predicted octanol–water partition coefficient (Wildman–Crippen LogP) is 3.16. The van der Waals surface area contributed by atoms with Gasteiger partial charge in [-0.1, -0.05) is 0 Å². The quantitative estimate of drug-likeness (QED) is 0.799. The van der Waals surface area contributed by atoms with Crippen molar-refractivity contribution in [2.45, 2.75) is 0 Å². The first-order valence-corrected chi connectivity index (χ1v) is 5.15. The molecule has 0 aromatic heterocycles. The van der Waals surface area contributed by atoms with Gasteiger partial charge in [-0.15, -0.1) is 0 Å². The van der Waals surface area contributed by atoms with Crippen LogP contribution in [-0.2, 0) is 0 Å². The van der Waals surface area contributed by atoms with Gasteiger partial charge in [-0.25, -0.2) is 4.39 Å². The monoisotopic (exact) mass is 232 g/mol. The van der Waals surface area contributed by atoms with Crippen LogP contribution < -0.4 is 15.8 Å². The summed E-state index contributed by atoms with van der Waals surface area (Å²) >= 11 is 0. The van der Waals surface area contributed by atoms with Crippen LogP contribution in [0.3, 0.4) is 0 Å². The molecule has 88 valence electrons. The number of nitrogen functional groups attached to an aromatic ring is 1. The lowest BCUT2D eigenvalue weighted by Gasteiger charge is -2.08. The first kappa shape index (κ1) is 11.3. The number of methoxy groups -OCH3 is 1. The minimum atomic E-state index is -0.379. The predicted molar refractivity (Wildman–Crippen MR) is 67.1 cm³/mol. The Morgan fingerprint density at radius 2 is 1.71 bits per heavy atom. The van der Waals surface area contributed by atoms with Crippen LogP contribution >= 0.6 is 0 Å². The molecule has 4 heteroatoms. The van der Waals surface area contributed by atoms with E-state index in [-0.39, 0.29) is 11.6 Å². The van der Waals surface area contributed by atoms with Crippen LogP contribution in [0.25, 0.3) is 0 Å². The molecule has 0 unspecified atom stereocenters. The minimum absolute atomic E-state index is 0.213. The van der Waals surface area contributed by atoms with Gasteiger partial charge in [-0.05, 0) is 36.4 Å². The molecular formula is C13H13FN2O. The Morgan fingerprint density at radius 1 is 1.06 bits per heavy atom. The van der Waals surface area contributed by atoms with Crippen molar-refractivity contribution < 1.29 is 9.13 Å². The maximum Gasteiger partial charge on any atom is 0.165 e. The zero-order chi connectivity index (χ0) is 12.3. The molecule has 2 aromatic carbocycles. The largest absolute Gasteiger partial charge is 0.494 e. The molecule has 0 fully saturated rings. The van der Waals surface area contributed by atoms with Gasteiger partial charge >= 0.3 is 0 Å². The molecule has 0 aliphatic carbocycles. The number of halogens is 1. The van der Waals surface area contributed by atoms with E-state index in [1.807, 2.05) is 12.1 Å². The van der Waals surface area contributed by atoms with Gasteiger partial charge < -0.3 is 15.8 Å². The average molecular weight is 232 g/mol. The van der Waals surface area contributed by atoms with Gasteiger partial charge in [0, 0.05) is 23.1 Å². The van der Waals surface area contributed by atoms with Gasteiger partial charge in [0.25, 0.3) is 0 Å². The maximum atomic E-state index is 13.2. The Kier molecular flexibility index (Phi) is 3.14. The van der Waals surface area contributed by atoms with Gasteiger partial charge in [0.2, 0.25) is 0 Å². The zero-order valence-electron chi connectivity index (χ0n) is 9.41. The fraction of sp³-hybridized carbons (Fsp3) is 0.0769. The first-order chi connectivity index (χ1) is 8.19. The fourth-order valence-corrected chi connectivity index (χ4v) is 1.47. The normalized spacial score (nSPS) is 10.0. The molecule has 0 atom stereocenters. The summed E-state index contributed by atoms with van der Waals surface area (Å²) < 4.78 is 18.1. The van der Waals surface area contributed by atoms with Crippen LogP contribution in [0.15, 0.2) is 42.5 Å². The third-order valence-corrected chi connectivity index (χ3v) is 2.35. The van der Waals surface area contributed by atoms with Crippen molar-refractivity contribution in [2.75, 3.05) is 18.2 Å². The van der Waals surface area contributed by atoms with E-state index in [1.54, 1.807) is 24.3 Å². The Labute approximate surface area is 99.0 Å². The van der Waals surface area contributed by atoms with Gasteiger partial charge in [0.1, 0.15) is 0 Å². The van der Waals surface area contributed by atoms with Crippen LogP contribution in [0.5, 0.6) is 5.75 Å². The Morgan fingerprint density at radius 3 is 2.35 bits per heavy atom. The summed E-state index contributed by atoms with van der Waals surface area (Å²) in [5.41, 5.74) is 7.93. The molecule has 0 spiro atoms. The van der Waals surface area contributed by atoms with Crippen molar-refractivity contribution in [2.24, 2.45) is 0 Å². The molecule has 3 N–H and O–H groups in total. The van der Waals surface area contributed by atoms with Crippen molar-refractivity contribution in [3.63, 3.8) is 0 Å². The topological polar surface area (TPSA) is 47.3 Å². The molecule has 2 aromatic rings. The van der Waals surface area contributed by atoms with Gasteiger partial charge in [-0.2, -0.15) is 0 Å². The van der Waals surface area contributed by atoms with E-state index in [0.717, 1.165) is 11.4 Å². The summed E-state index contributed by atoms with van der Waals surface area (Å²) in [5.74, 6) is -0.166. The molecule has 0 heterocycles. The summed E-state index contributed by atoms with van der Waals surface area (Å²) in [6, 6.07) is 11.9. The molecular weight excluding hydrogens is 219 g/mol. The van der Waals surface area contributed by atoms with Gasteiger partial charge in [-0.3, -0.25) is 0 Å². The second kappa shape index (κ2) is 4.74. The SMILES string of the molecule is COc1cc(Nc2ccc(N)cc2)ccc1F. The molecule has 0 radical (unpaired) electrons. The highest BCUT2D eigenvalue weighted by Crippen LogP contribution is 2.24. The third-order valence-electron chi connectivity index (χ3n) is 2.35. The number of ether oxygens (including phenoxy) is 1. The van der Waals surface area contributed by atoms with E-state index in [0.29, 0.717) is 5.69 Å². The summed E-state index contributed by atoms with van der Waals surface area (Å²) in [7, 11) is 1.44. The summed E-state index contributed by atoms with van der Waals surface area (Å²) in [5, 5.41) is 3.13. The highest BCUT2D eigenvalue weighted by atomic mass is 19.1. The number of nitrogens with two attached hydrogens (primary N) is 1. The Hall–Kier alpha value is -2.23. The van der Waals surface area contributed by atoms with E-state index in [1.165, 1.54) is 13.2 Å². The molecule has 3 nitrogen and oxygen atoms in total. The molecule has 0 saturated heterocycles. The molecule has 0 saturated carbocycles. The highest BCUT2D eigenvalue weighted by Gasteiger charge is 2.03. The molecule has 0 aliphatic heterocycles. The van der Waals surface area contributed by atoms with E-state index in [4.69, 9.17) is 10.5 Å². The minimum Gasteiger partial charge on any atom is -0.494 e. The van der Waals surface area contributed by atoms with Gasteiger partial charge in [0.05, 0.1) is 7.11 Å². The van der Waals surface area contributed by atoms with E-state index >= 15 is 0 Å². The highest BCUT2D eigenvalue weighted by molar-refractivity contribution is 5.63. The number of hydrogen-bond acceptors (Lipinski definition) is 3. The first-order valence-electron chi connectivity index (χ1n) is 5.15. The van der Waals surface area contributed by atoms with Crippen molar-refractivity contribution in [1.82, 2.24) is 0 Å². The number of nitrogens with one attached hydrogen (secondary N) is 1. The Balaban J connectivity index is 2.21. The average Bonchev–Trinajstić information content (AvgIpc) is 2.34. The lowest BCUT2D eigenvalue weighted by atomic mass is 10.2. The van der Waals surface area contributed by atoms with Gasteiger partial charge in [0.15, 0.2) is 11.6 Å². The fourth-order valence-electron chi connectivity index (χ4n) is 1.47. The van der Waals surface area contributed by atoms with E-state index in [2.05, 4.69) is 5.32 Å². The molecule has 0 aliphatic rings. The lowest BCUT2D eigenvalue weighted by molar-refractivity contribution is 0.387. The van der Waals surface area contributed by atoms with Crippen molar-refractivity contribution in [1.29, 1.82) is 0 Å². The molecule has 0 bridgehead atoms. The van der Waals surface area contributed by atoms with Crippen molar-refractivity contribution in [3.05, 3.63) is 48.3 Å². The van der Waals surface area contributed by atoms with Crippen LogP contribution in [0.2, 0.25) is 0 Å². The van der Waals surface area contributed by atoms with Crippen LogP contribution in [0.4, 0.5) is 21.5 Å². The Bertz CT molecular complexity index is 511. The smallest absolute Gasteiger partial charge is 0.165 e. The summed E-state index contributed by atoms with van der Waals surface area (Å²) in [6.45, 7) is 0. The van der Waals surface area contributed by atoms with Crippen molar-refractivity contribution in [3.8, 4) is 5.75 Å². The summed E-state index contributed by atoms with van der Waals surface area (Å²) in [6.07, 6.45) is 0. The number of anilines is 3. The van der Waals surface area contributed by atoms with Crippen molar-refractivity contribution >= 4 is 17.1 Å². The van der Waals surface area contributed by atoms with E-state index < -0.39 is 0 Å². The molecule has 2 rings (SSSR count). The van der Waals surface area contributed by atoms with Crippen LogP contribution in [0.1, 0.15) is 0 Å². The number of benzene rings is 2. The van der Waals surface area contributed by atoms with Crippen LogP contribution in [-0.4, -0.2) is 7.11 Å².